The van der Waals surface area contributed by atoms with Gasteiger partial charge in [0, 0.05) is 56.2 Å². The number of imidazole rings is 2. The van der Waals surface area contributed by atoms with Crippen molar-refractivity contribution in [3.63, 3.8) is 0 Å². The van der Waals surface area contributed by atoms with Crippen molar-refractivity contribution in [2.75, 3.05) is 20.1 Å². The predicted molar refractivity (Wildman–Crippen MR) is 136 cm³/mol. The summed E-state index contributed by atoms with van der Waals surface area (Å²) in [6.45, 7) is 2.45. The van der Waals surface area contributed by atoms with E-state index in [1.165, 1.54) is 0 Å². The normalized spacial score (nSPS) is 14.9. The van der Waals surface area contributed by atoms with E-state index in [0.29, 0.717) is 12.1 Å². The lowest BCUT2D eigenvalue weighted by Gasteiger charge is -2.36. The molecule has 5 heterocycles. The molecule has 2 aliphatic heterocycles. The van der Waals surface area contributed by atoms with Gasteiger partial charge in [-0.15, -0.1) is 0 Å². The standard InChI is InChI=1S/C28H23N7O/c1-31-17-24(18-31)34-11-10-33(28(34)36)23-6-7-25-22(12-23)16-32-15-21(20-4-2-19(14-29)3-5-20)13-26(32)27-30-8-9-35(25)27/h2-13,15,24H,16-18H2,1H3. The second kappa shape index (κ2) is 7.70. The van der Waals surface area contributed by atoms with Crippen molar-refractivity contribution in [1.29, 1.82) is 5.26 Å². The number of nitriles is 1. The molecule has 36 heavy (non-hydrogen) atoms. The molecule has 0 bridgehead atoms. The minimum Gasteiger partial charge on any atom is -0.340 e. The maximum Gasteiger partial charge on any atom is 0.333 e. The second-order valence-corrected chi connectivity index (χ2v) is 9.60. The molecule has 0 atom stereocenters. The SMILES string of the molecule is CN1CC(n2ccn(-c3ccc4c(c3)Cn3cc(-c5ccc(C#N)cc5)cc3-c3nccn3-4)c2=O)C1. The molecule has 176 valence electrons. The van der Waals surface area contributed by atoms with Crippen LogP contribution in [0.1, 0.15) is 17.2 Å². The number of hydrogen-bond donors (Lipinski definition) is 0. The van der Waals surface area contributed by atoms with Gasteiger partial charge in [-0.2, -0.15) is 5.26 Å². The van der Waals surface area contributed by atoms with Gasteiger partial charge in [-0.3, -0.25) is 13.7 Å². The van der Waals surface area contributed by atoms with E-state index >= 15 is 0 Å². The van der Waals surface area contributed by atoms with Crippen LogP contribution in [0.4, 0.5) is 0 Å². The van der Waals surface area contributed by atoms with Crippen molar-refractivity contribution < 1.29 is 0 Å². The van der Waals surface area contributed by atoms with Crippen molar-refractivity contribution in [2.24, 2.45) is 0 Å². The third kappa shape index (κ3) is 3.10. The van der Waals surface area contributed by atoms with Gasteiger partial charge in [-0.1, -0.05) is 12.1 Å². The lowest BCUT2D eigenvalue weighted by atomic mass is 10.1. The summed E-state index contributed by atoms with van der Waals surface area (Å²) in [7, 11) is 2.07. The van der Waals surface area contributed by atoms with Crippen LogP contribution in [0.25, 0.3) is 34.0 Å². The molecule has 0 N–H and O–H groups in total. The molecule has 8 heteroatoms. The van der Waals surface area contributed by atoms with Crippen molar-refractivity contribution in [1.82, 2.24) is 28.2 Å². The smallest absolute Gasteiger partial charge is 0.333 e. The van der Waals surface area contributed by atoms with Crippen LogP contribution in [-0.4, -0.2) is 48.3 Å². The summed E-state index contributed by atoms with van der Waals surface area (Å²) in [5.41, 5.74) is 6.81. The number of likely N-dealkylation sites (tertiary alicyclic amines) is 1. The van der Waals surface area contributed by atoms with Gasteiger partial charge in [0.25, 0.3) is 0 Å². The van der Waals surface area contributed by atoms with Crippen LogP contribution in [0.5, 0.6) is 0 Å². The van der Waals surface area contributed by atoms with E-state index in [-0.39, 0.29) is 11.7 Å². The van der Waals surface area contributed by atoms with Crippen LogP contribution < -0.4 is 5.69 Å². The first-order valence-corrected chi connectivity index (χ1v) is 12.0. The van der Waals surface area contributed by atoms with Crippen LogP contribution in [0.3, 0.4) is 0 Å². The molecule has 7 rings (SSSR count). The summed E-state index contributed by atoms with van der Waals surface area (Å²) in [5.74, 6) is 0.874. The highest BCUT2D eigenvalue weighted by Crippen LogP contribution is 2.34. The van der Waals surface area contributed by atoms with Crippen LogP contribution in [0, 0.1) is 11.3 Å². The lowest BCUT2D eigenvalue weighted by molar-refractivity contribution is 0.138. The summed E-state index contributed by atoms with van der Waals surface area (Å²) >= 11 is 0. The van der Waals surface area contributed by atoms with Crippen LogP contribution >= 0.6 is 0 Å². The highest BCUT2D eigenvalue weighted by Gasteiger charge is 2.27. The molecule has 5 aromatic rings. The van der Waals surface area contributed by atoms with Gasteiger partial charge in [0.15, 0.2) is 5.82 Å². The topological polar surface area (TPSA) is 76.7 Å². The number of hydrogen-bond acceptors (Lipinski definition) is 4. The summed E-state index contributed by atoms with van der Waals surface area (Å²) in [4.78, 5) is 20.1. The summed E-state index contributed by atoms with van der Waals surface area (Å²) < 4.78 is 7.89. The van der Waals surface area contributed by atoms with Gasteiger partial charge in [0.2, 0.25) is 0 Å². The minimum absolute atomic E-state index is 0.00486. The molecule has 0 unspecified atom stereocenters. The Labute approximate surface area is 207 Å². The zero-order chi connectivity index (χ0) is 24.4. The summed E-state index contributed by atoms with van der Waals surface area (Å²) in [5, 5.41) is 9.13. The monoisotopic (exact) mass is 473 g/mol. The highest BCUT2D eigenvalue weighted by atomic mass is 16.1. The largest absolute Gasteiger partial charge is 0.340 e. The number of nitrogens with zero attached hydrogens (tertiary/aromatic N) is 7. The van der Waals surface area contributed by atoms with Crippen LogP contribution in [0.2, 0.25) is 0 Å². The fourth-order valence-corrected chi connectivity index (χ4v) is 5.38. The fraction of sp³-hybridized carbons (Fsp3) is 0.179. The zero-order valence-corrected chi connectivity index (χ0v) is 19.7. The van der Waals surface area contributed by atoms with Crippen LogP contribution in [-0.2, 0) is 6.54 Å². The Balaban J connectivity index is 1.30. The molecular formula is C28H23N7O. The van der Waals surface area contributed by atoms with Gasteiger partial charge in [0.05, 0.1) is 34.7 Å². The molecule has 0 saturated carbocycles. The molecule has 0 aliphatic carbocycles. The molecular weight excluding hydrogens is 450 g/mol. The van der Waals surface area contributed by atoms with Gasteiger partial charge >= 0.3 is 5.69 Å². The number of aromatic nitrogens is 5. The highest BCUT2D eigenvalue weighted by molar-refractivity contribution is 5.72. The van der Waals surface area contributed by atoms with Gasteiger partial charge in [-0.25, -0.2) is 9.78 Å². The second-order valence-electron chi connectivity index (χ2n) is 9.60. The fourth-order valence-electron chi connectivity index (χ4n) is 5.38. The summed E-state index contributed by atoms with van der Waals surface area (Å²) in [6, 6.07) is 18.4. The Morgan fingerprint density at radius 3 is 2.58 bits per heavy atom. The van der Waals surface area contributed by atoms with Crippen molar-refractivity contribution >= 4 is 0 Å². The first-order chi connectivity index (χ1) is 17.6. The Kier molecular flexibility index (Phi) is 4.43. The Morgan fingerprint density at radius 1 is 0.972 bits per heavy atom. The first kappa shape index (κ1) is 20.7. The minimum atomic E-state index is -0.00486. The van der Waals surface area contributed by atoms with E-state index in [1.54, 1.807) is 4.57 Å². The third-order valence-corrected chi connectivity index (χ3v) is 7.30. The Hall–Kier alpha value is -4.61. The number of fused-ring (bicyclic) bond motifs is 5. The average Bonchev–Trinajstić information content (AvgIpc) is 3.59. The summed E-state index contributed by atoms with van der Waals surface area (Å²) in [6.07, 6.45) is 9.69. The Bertz CT molecular complexity index is 1720. The van der Waals surface area contributed by atoms with E-state index in [9.17, 15) is 4.79 Å². The zero-order valence-electron chi connectivity index (χ0n) is 19.7. The quantitative estimate of drug-likeness (QED) is 0.393. The Morgan fingerprint density at radius 2 is 1.81 bits per heavy atom. The maximum absolute atomic E-state index is 13.2. The van der Waals surface area contributed by atoms with Crippen molar-refractivity contribution in [3.8, 4) is 40.1 Å². The number of benzene rings is 2. The van der Waals surface area contributed by atoms with Crippen molar-refractivity contribution in [2.45, 2.75) is 12.6 Å². The van der Waals surface area contributed by atoms with Gasteiger partial charge < -0.3 is 9.47 Å². The molecule has 3 aromatic heterocycles. The molecule has 1 saturated heterocycles. The molecule has 2 aromatic carbocycles. The predicted octanol–water partition coefficient (Wildman–Crippen LogP) is 3.68. The van der Waals surface area contributed by atoms with E-state index < -0.39 is 0 Å². The van der Waals surface area contributed by atoms with E-state index in [0.717, 1.165) is 52.7 Å². The molecule has 0 spiro atoms. The van der Waals surface area contributed by atoms with E-state index in [4.69, 9.17) is 5.26 Å². The lowest BCUT2D eigenvalue weighted by Crippen LogP contribution is -2.47. The molecule has 0 amide bonds. The van der Waals surface area contributed by atoms with E-state index in [2.05, 4.69) is 56.5 Å². The number of likely N-dealkylation sites (N-methyl/N-ethyl adjacent to an activating group) is 1. The molecule has 1 fully saturated rings. The first-order valence-electron chi connectivity index (χ1n) is 12.0. The molecule has 2 aliphatic rings. The maximum atomic E-state index is 13.2. The van der Waals surface area contributed by atoms with Crippen molar-refractivity contribution in [3.05, 3.63) is 101 Å². The molecule has 0 radical (unpaired) electrons. The van der Waals surface area contributed by atoms with Gasteiger partial charge in [-0.05, 0) is 54.6 Å². The number of rotatable bonds is 3. The molecule has 8 nitrogen and oxygen atoms in total. The third-order valence-electron chi connectivity index (χ3n) is 7.30. The van der Waals surface area contributed by atoms with E-state index in [1.807, 2.05) is 59.7 Å². The van der Waals surface area contributed by atoms with Crippen LogP contribution in [0.15, 0.2) is 84.3 Å². The average molecular weight is 474 g/mol. The van der Waals surface area contributed by atoms with Gasteiger partial charge in [0.1, 0.15) is 0 Å².